The summed E-state index contributed by atoms with van der Waals surface area (Å²) in [4.78, 5) is 0. The Morgan fingerprint density at radius 1 is 1.32 bits per heavy atom. The van der Waals surface area contributed by atoms with E-state index in [4.69, 9.17) is 4.74 Å². The zero-order chi connectivity index (χ0) is 14.6. The van der Waals surface area contributed by atoms with Crippen molar-refractivity contribution in [3.63, 3.8) is 0 Å². The summed E-state index contributed by atoms with van der Waals surface area (Å²) in [5, 5.41) is 3.24. The Balaban J connectivity index is 2.89. The van der Waals surface area contributed by atoms with Crippen LogP contribution in [0.5, 0.6) is 5.75 Å². The summed E-state index contributed by atoms with van der Waals surface area (Å²) in [5.74, 6) is 1.16. The number of methoxy groups -OCH3 is 1. The average Bonchev–Trinajstić information content (AvgIpc) is 2.33. The van der Waals surface area contributed by atoms with E-state index < -0.39 is 9.84 Å². The van der Waals surface area contributed by atoms with Crippen LogP contribution in [0.2, 0.25) is 0 Å². The number of nitrogens with one attached hydrogen (secondary N) is 1. The number of anilines is 1. The van der Waals surface area contributed by atoms with Gasteiger partial charge in [-0.25, -0.2) is 8.42 Å². The lowest BCUT2D eigenvalue weighted by Crippen LogP contribution is -2.27. The van der Waals surface area contributed by atoms with Crippen LogP contribution in [0, 0.1) is 13.8 Å². The number of ether oxygens (including phenoxy) is 1. The topological polar surface area (TPSA) is 55.4 Å². The first kappa shape index (κ1) is 15.8. The second-order valence-electron chi connectivity index (χ2n) is 4.83. The van der Waals surface area contributed by atoms with Crippen LogP contribution < -0.4 is 10.1 Å². The minimum Gasteiger partial charge on any atom is -0.496 e. The zero-order valence-electron chi connectivity index (χ0n) is 12.3. The van der Waals surface area contributed by atoms with Crippen molar-refractivity contribution in [3.8, 4) is 5.75 Å². The maximum Gasteiger partial charge on any atom is 0.152 e. The third-order valence-electron chi connectivity index (χ3n) is 3.15. The highest BCUT2D eigenvalue weighted by Crippen LogP contribution is 2.29. The molecule has 108 valence electrons. The van der Waals surface area contributed by atoms with Crippen molar-refractivity contribution in [2.24, 2.45) is 0 Å². The van der Waals surface area contributed by atoms with Crippen molar-refractivity contribution in [1.29, 1.82) is 0 Å². The third-order valence-corrected chi connectivity index (χ3v) is 5.04. The molecule has 4 nitrogen and oxygen atoms in total. The van der Waals surface area contributed by atoms with Crippen LogP contribution in [0.4, 0.5) is 5.69 Å². The fraction of sp³-hybridized carbons (Fsp3) is 0.571. The molecule has 0 saturated carbocycles. The summed E-state index contributed by atoms with van der Waals surface area (Å²) in [7, 11) is -1.33. The maximum absolute atomic E-state index is 11.6. The molecule has 0 aliphatic carbocycles. The van der Waals surface area contributed by atoms with E-state index in [1.807, 2.05) is 32.9 Å². The third kappa shape index (κ3) is 4.13. The van der Waals surface area contributed by atoms with Gasteiger partial charge in [0.05, 0.1) is 12.9 Å². The summed E-state index contributed by atoms with van der Waals surface area (Å²) in [6.45, 7) is 7.50. The Labute approximate surface area is 116 Å². The number of hydrogen-bond donors (Lipinski definition) is 1. The molecule has 1 atom stereocenters. The molecule has 0 bridgehead atoms. The minimum absolute atomic E-state index is 0.129. The van der Waals surface area contributed by atoms with Gasteiger partial charge in [0, 0.05) is 23.0 Å². The summed E-state index contributed by atoms with van der Waals surface area (Å²) in [5.41, 5.74) is 2.99. The molecule has 1 aromatic rings. The molecule has 0 saturated heterocycles. The molecule has 0 aliphatic heterocycles. The molecule has 0 aromatic heterocycles. The molecule has 0 amide bonds. The molecule has 0 heterocycles. The Morgan fingerprint density at radius 2 is 1.95 bits per heavy atom. The summed E-state index contributed by atoms with van der Waals surface area (Å²) < 4.78 is 28.6. The van der Waals surface area contributed by atoms with E-state index in [0.29, 0.717) is 0 Å². The fourth-order valence-corrected chi connectivity index (χ4v) is 3.18. The van der Waals surface area contributed by atoms with Gasteiger partial charge >= 0.3 is 0 Å². The van der Waals surface area contributed by atoms with Gasteiger partial charge in [0.2, 0.25) is 0 Å². The SMILES string of the molecule is CCS(=O)(=O)CC(C)Nc1ccc(C)c(OC)c1C. The Bertz CT molecular complexity index is 538. The van der Waals surface area contributed by atoms with Gasteiger partial charge in [-0.15, -0.1) is 0 Å². The predicted octanol–water partition coefficient (Wildman–Crippen LogP) is 2.55. The number of aryl methyl sites for hydroxylation is 1. The van der Waals surface area contributed by atoms with Gasteiger partial charge in [0.1, 0.15) is 5.75 Å². The van der Waals surface area contributed by atoms with E-state index in [-0.39, 0.29) is 17.5 Å². The van der Waals surface area contributed by atoms with Gasteiger partial charge < -0.3 is 10.1 Å². The summed E-state index contributed by atoms with van der Waals surface area (Å²) >= 11 is 0. The van der Waals surface area contributed by atoms with E-state index >= 15 is 0 Å². The minimum atomic E-state index is -2.97. The van der Waals surface area contributed by atoms with Crippen LogP contribution in [0.3, 0.4) is 0 Å². The van der Waals surface area contributed by atoms with Crippen LogP contribution in [0.15, 0.2) is 12.1 Å². The van der Waals surface area contributed by atoms with E-state index in [0.717, 1.165) is 22.6 Å². The summed E-state index contributed by atoms with van der Waals surface area (Å²) in [6.07, 6.45) is 0. The second kappa shape index (κ2) is 6.28. The Morgan fingerprint density at radius 3 is 2.47 bits per heavy atom. The monoisotopic (exact) mass is 285 g/mol. The van der Waals surface area contributed by atoms with Crippen molar-refractivity contribution in [3.05, 3.63) is 23.3 Å². The molecule has 0 fully saturated rings. The van der Waals surface area contributed by atoms with Crippen LogP contribution in [-0.4, -0.2) is 33.1 Å². The molecule has 1 aromatic carbocycles. The van der Waals surface area contributed by atoms with Crippen LogP contribution in [0.25, 0.3) is 0 Å². The molecule has 0 spiro atoms. The first-order chi connectivity index (χ1) is 8.80. The predicted molar refractivity (Wildman–Crippen MR) is 79.9 cm³/mol. The number of hydrogen-bond acceptors (Lipinski definition) is 4. The molecule has 5 heteroatoms. The fourth-order valence-electron chi connectivity index (χ4n) is 2.10. The molecule has 1 unspecified atom stereocenters. The van der Waals surface area contributed by atoms with E-state index in [9.17, 15) is 8.42 Å². The quantitative estimate of drug-likeness (QED) is 0.872. The smallest absolute Gasteiger partial charge is 0.152 e. The molecule has 0 aliphatic rings. The molecule has 1 rings (SSSR count). The normalized spacial score (nSPS) is 13.1. The Kier molecular flexibility index (Phi) is 5.23. The van der Waals surface area contributed by atoms with Crippen molar-refractivity contribution in [1.82, 2.24) is 0 Å². The molecule has 1 N–H and O–H groups in total. The van der Waals surface area contributed by atoms with Gasteiger partial charge in [0.25, 0.3) is 0 Å². The lowest BCUT2D eigenvalue weighted by atomic mass is 10.1. The van der Waals surface area contributed by atoms with E-state index in [2.05, 4.69) is 5.32 Å². The lowest BCUT2D eigenvalue weighted by molar-refractivity contribution is 0.409. The Hall–Kier alpha value is -1.23. The second-order valence-corrected chi connectivity index (χ2v) is 7.23. The van der Waals surface area contributed by atoms with Crippen molar-refractivity contribution in [2.45, 2.75) is 33.7 Å². The summed E-state index contributed by atoms with van der Waals surface area (Å²) in [6, 6.07) is 3.80. The van der Waals surface area contributed by atoms with Gasteiger partial charge in [-0.2, -0.15) is 0 Å². The number of rotatable bonds is 6. The van der Waals surface area contributed by atoms with Crippen molar-refractivity contribution >= 4 is 15.5 Å². The highest BCUT2D eigenvalue weighted by Gasteiger charge is 2.15. The van der Waals surface area contributed by atoms with Gasteiger partial charge in [-0.05, 0) is 32.4 Å². The van der Waals surface area contributed by atoms with Gasteiger partial charge in [-0.3, -0.25) is 0 Å². The number of sulfone groups is 1. The van der Waals surface area contributed by atoms with Gasteiger partial charge in [-0.1, -0.05) is 13.0 Å². The molecule has 0 radical (unpaired) electrons. The van der Waals surface area contributed by atoms with Crippen LogP contribution in [0.1, 0.15) is 25.0 Å². The first-order valence-corrected chi connectivity index (χ1v) is 8.24. The maximum atomic E-state index is 11.6. The first-order valence-electron chi connectivity index (χ1n) is 6.42. The van der Waals surface area contributed by atoms with Crippen LogP contribution >= 0.6 is 0 Å². The lowest BCUT2D eigenvalue weighted by Gasteiger charge is -2.19. The molecule has 19 heavy (non-hydrogen) atoms. The standard InChI is InChI=1S/C14H23NO3S/c1-6-19(16,17)9-11(3)15-13-8-7-10(2)14(18-5)12(13)4/h7-8,11,15H,6,9H2,1-5H3. The van der Waals surface area contributed by atoms with Crippen LogP contribution in [-0.2, 0) is 9.84 Å². The molecular weight excluding hydrogens is 262 g/mol. The highest BCUT2D eigenvalue weighted by molar-refractivity contribution is 7.91. The van der Waals surface area contributed by atoms with E-state index in [1.54, 1.807) is 14.0 Å². The van der Waals surface area contributed by atoms with E-state index in [1.165, 1.54) is 0 Å². The average molecular weight is 285 g/mol. The number of benzene rings is 1. The van der Waals surface area contributed by atoms with Crippen molar-refractivity contribution < 1.29 is 13.2 Å². The largest absolute Gasteiger partial charge is 0.496 e. The highest BCUT2D eigenvalue weighted by atomic mass is 32.2. The zero-order valence-corrected chi connectivity index (χ0v) is 13.1. The van der Waals surface area contributed by atoms with Crippen molar-refractivity contribution in [2.75, 3.05) is 23.9 Å². The van der Waals surface area contributed by atoms with Gasteiger partial charge in [0.15, 0.2) is 9.84 Å². The molecular formula is C14H23NO3S.